The number of nitrogens with zero attached hydrogens (tertiary/aromatic N) is 3. The van der Waals surface area contributed by atoms with Crippen LogP contribution in [0, 0.1) is 18.3 Å². The van der Waals surface area contributed by atoms with E-state index >= 15 is 0 Å². The molecule has 0 aliphatic heterocycles. The van der Waals surface area contributed by atoms with Crippen LogP contribution in [-0.4, -0.2) is 24.3 Å². The Morgan fingerprint density at radius 2 is 1.89 bits per heavy atom. The Bertz CT molecular complexity index is 1750. The number of hydrogen-bond acceptors (Lipinski definition) is 8. The molecule has 1 atom stereocenters. The normalized spacial score (nSPS) is 12.2. The van der Waals surface area contributed by atoms with Gasteiger partial charge in [-0.3, -0.25) is 4.79 Å². The third-order valence-corrected chi connectivity index (χ3v) is 8.28. The average Bonchev–Trinajstić information content (AvgIpc) is 3.55. The SMILES string of the molecule is Cc1nc(C(=O)Nc2cccc(S(=O)(=O)NC(Cc3cccc(C#N)c3)c3nc4ccccc4s3)c2)co1. The van der Waals surface area contributed by atoms with E-state index in [-0.39, 0.29) is 22.7 Å². The second-order valence-electron chi connectivity index (χ2n) is 8.44. The second kappa shape index (κ2) is 10.5. The average molecular weight is 544 g/mol. The second-order valence-corrected chi connectivity index (χ2v) is 11.2. The Labute approximate surface area is 222 Å². The molecular weight excluding hydrogens is 522 g/mol. The number of benzene rings is 3. The van der Waals surface area contributed by atoms with Gasteiger partial charge in [0.1, 0.15) is 11.3 Å². The molecule has 0 radical (unpaired) electrons. The molecule has 190 valence electrons. The molecule has 0 aliphatic carbocycles. The lowest BCUT2D eigenvalue weighted by molar-refractivity contribution is 0.102. The number of thiazole rings is 1. The van der Waals surface area contributed by atoms with Crippen molar-refractivity contribution in [3.63, 3.8) is 0 Å². The number of para-hydroxylation sites is 1. The molecule has 9 nitrogen and oxygen atoms in total. The lowest BCUT2D eigenvalue weighted by Crippen LogP contribution is -2.30. The highest BCUT2D eigenvalue weighted by Gasteiger charge is 2.25. The van der Waals surface area contributed by atoms with Crippen LogP contribution in [0.2, 0.25) is 0 Å². The monoisotopic (exact) mass is 543 g/mol. The summed E-state index contributed by atoms with van der Waals surface area (Å²) in [5, 5.41) is 12.5. The highest BCUT2D eigenvalue weighted by Crippen LogP contribution is 2.30. The molecule has 38 heavy (non-hydrogen) atoms. The molecule has 3 aromatic carbocycles. The van der Waals surface area contributed by atoms with Gasteiger partial charge in [0, 0.05) is 12.6 Å². The van der Waals surface area contributed by atoms with Gasteiger partial charge in [-0.25, -0.2) is 23.1 Å². The molecule has 0 saturated heterocycles. The summed E-state index contributed by atoms with van der Waals surface area (Å²) >= 11 is 1.41. The molecule has 1 amide bonds. The zero-order valence-electron chi connectivity index (χ0n) is 20.1. The number of carbonyl (C=O) groups excluding carboxylic acids is 1. The number of amides is 1. The van der Waals surface area contributed by atoms with Crippen LogP contribution < -0.4 is 10.0 Å². The van der Waals surface area contributed by atoms with Crippen molar-refractivity contribution in [3.8, 4) is 6.07 Å². The Hall–Kier alpha value is -4.37. The molecule has 11 heteroatoms. The van der Waals surface area contributed by atoms with E-state index in [4.69, 9.17) is 4.42 Å². The van der Waals surface area contributed by atoms with Crippen molar-refractivity contribution in [3.05, 3.63) is 107 Å². The summed E-state index contributed by atoms with van der Waals surface area (Å²) < 4.78 is 35.9. The minimum Gasteiger partial charge on any atom is -0.448 e. The third kappa shape index (κ3) is 5.63. The first-order chi connectivity index (χ1) is 18.3. The van der Waals surface area contributed by atoms with E-state index < -0.39 is 22.0 Å². The molecule has 0 saturated carbocycles. The Kier molecular flexibility index (Phi) is 7.02. The van der Waals surface area contributed by atoms with Gasteiger partial charge in [-0.15, -0.1) is 11.3 Å². The van der Waals surface area contributed by atoms with E-state index in [2.05, 4.69) is 26.1 Å². The minimum absolute atomic E-state index is 0.0245. The van der Waals surface area contributed by atoms with Crippen LogP contribution in [0.15, 0.2) is 88.4 Å². The van der Waals surface area contributed by atoms with Gasteiger partial charge in [0.15, 0.2) is 11.6 Å². The molecule has 1 unspecified atom stereocenters. The van der Waals surface area contributed by atoms with E-state index in [1.165, 1.54) is 29.7 Å². The number of rotatable bonds is 8. The zero-order chi connectivity index (χ0) is 26.7. The number of oxazole rings is 1. The number of sulfonamides is 1. The zero-order valence-corrected chi connectivity index (χ0v) is 21.7. The van der Waals surface area contributed by atoms with Gasteiger partial charge in [0.2, 0.25) is 10.0 Å². The van der Waals surface area contributed by atoms with E-state index in [9.17, 15) is 18.5 Å². The van der Waals surface area contributed by atoms with Crippen molar-refractivity contribution >= 4 is 43.2 Å². The molecule has 5 aromatic rings. The van der Waals surface area contributed by atoms with Crippen LogP contribution in [0.5, 0.6) is 0 Å². The van der Waals surface area contributed by atoms with Crippen LogP contribution in [0.1, 0.15) is 38.6 Å². The first-order valence-corrected chi connectivity index (χ1v) is 13.8. The minimum atomic E-state index is -4.03. The largest absolute Gasteiger partial charge is 0.448 e. The van der Waals surface area contributed by atoms with Gasteiger partial charge in [-0.05, 0) is 54.4 Å². The summed E-state index contributed by atoms with van der Waals surface area (Å²) in [7, 11) is -4.03. The summed E-state index contributed by atoms with van der Waals surface area (Å²) in [5.41, 5.74) is 2.43. The summed E-state index contributed by atoms with van der Waals surface area (Å²) in [5.74, 6) is -0.175. The van der Waals surface area contributed by atoms with Crippen molar-refractivity contribution < 1.29 is 17.6 Å². The molecule has 0 aliphatic rings. The van der Waals surface area contributed by atoms with Gasteiger partial charge in [0.05, 0.1) is 32.8 Å². The fourth-order valence-corrected chi connectivity index (χ4v) is 6.22. The lowest BCUT2D eigenvalue weighted by atomic mass is 10.0. The van der Waals surface area contributed by atoms with Gasteiger partial charge in [-0.1, -0.05) is 30.3 Å². The molecule has 0 fully saturated rings. The van der Waals surface area contributed by atoms with Crippen LogP contribution in [0.3, 0.4) is 0 Å². The maximum absolute atomic E-state index is 13.5. The predicted octanol–water partition coefficient (Wildman–Crippen LogP) is 4.98. The quantitative estimate of drug-likeness (QED) is 0.281. The summed E-state index contributed by atoms with van der Waals surface area (Å²) in [6.07, 6.45) is 1.52. The highest BCUT2D eigenvalue weighted by atomic mass is 32.2. The smallest absolute Gasteiger partial charge is 0.277 e. The summed E-state index contributed by atoms with van der Waals surface area (Å²) in [4.78, 5) is 21.1. The Morgan fingerprint density at radius 3 is 2.66 bits per heavy atom. The number of fused-ring (bicyclic) bond motifs is 1. The fraction of sp³-hybridized carbons (Fsp3) is 0.111. The molecule has 0 bridgehead atoms. The predicted molar refractivity (Wildman–Crippen MR) is 143 cm³/mol. The molecule has 2 heterocycles. The van der Waals surface area contributed by atoms with Crippen molar-refractivity contribution in [2.45, 2.75) is 24.3 Å². The van der Waals surface area contributed by atoms with Crippen LogP contribution >= 0.6 is 11.3 Å². The van der Waals surface area contributed by atoms with Gasteiger partial charge in [-0.2, -0.15) is 5.26 Å². The first kappa shape index (κ1) is 25.3. The standard InChI is InChI=1S/C27H21N5O4S2/c1-17-29-24(16-36-17)26(33)30-20-8-5-9-21(14-20)38(34,35)32-23(13-18-6-4-7-19(12-18)15-28)27-31-22-10-2-3-11-25(22)37-27/h2-12,14,16,23,32H,13H2,1H3,(H,30,33). The summed E-state index contributed by atoms with van der Waals surface area (Å²) in [6.45, 7) is 1.62. The van der Waals surface area contributed by atoms with Crippen molar-refractivity contribution in [2.75, 3.05) is 5.32 Å². The number of aryl methyl sites for hydroxylation is 1. The maximum atomic E-state index is 13.5. The highest BCUT2D eigenvalue weighted by molar-refractivity contribution is 7.89. The number of hydrogen-bond donors (Lipinski definition) is 2. The number of aromatic nitrogens is 2. The number of nitriles is 1. The summed E-state index contributed by atoms with van der Waals surface area (Å²) in [6, 6.07) is 22.0. The molecule has 5 rings (SSSR count). The molecule has 0 spiro atoms. The lowest BCUT2D eigenvalue weighted by Gasteiger charge is -2.17. The molecule has 2 N–H and O–H groups in total. The van der Waals surface area contributed by atoms with Gasteiger partial charge in [0.25, 0.3) is 5.91 Å². The van der Waals surface area contributed by atoms with Crippen LogP contribution in [0.25, 0.3) is 10.2 Å². The van der Waals surface area contributed by atoms with E-state index in [1.807, 2.05) is 30.3 Å². The van der Waals surface area contributed by atoms with Gasteiger partial charge < -0.3 is 9.73 Å². The topological polar surface area (TPSA) is 138 Å². The van der Waals surface area contributed by atoms with Crippen molar-refractivity contribution in [2.24, 2.45) is 0 Å². The van der Waals surface area contributed by atoms with Crippen LogP contribution in [0.4, 0.5) is 5.69 Å². The number of anilines is 1. The van der Waals surface area contributed by atoms with E-state index in [0.717, 1.165) is 15.8 Å². The fourth-order valence-electron chi connectivity index (χ4n) is 3.88. The van der Waals surface area contributed by atoms with Crippen LogP contribution in [-0.2, 0) is 16.4 Å². The molecule has 2 aromatic heterocycles. The van der Waals surface area contributed by atoms with Gasteiger partial charge >= 0.3 is 0 Å². The number of carbonyl (C=O) groups is 1. The maximum Gasteiger partial charge on any atom is 0.277 e. The number of nitrogens with one attached hydrogen (secondary N) is 2. The first-order valence-electron chi connectivity index (χ1n) is 11.5. The molecular formula is C27H21N5O4S2. The van der Waals surface area contributed by atoms with Crippen molar-refractivity contribution in [1.29, 1.82) is 5.26 Å². The third-order valence-electron chi connectivity index (χ3n) is 5.66. The van der Waals surface area contributed by atoms with Crippen molar-refractivity contribution in [1.82, 2.24) is 14.7 Å². The van der Waals surface area contributed by atoms with E-state index in [0.29, 0.717) is 16.5 Å². The Balaban J connectivity index is 1.44. The van der Waals surface area contributed by atoms with E-state index in [1.54, 1.807) is 37.3 Å². The Morgan fingerprint density at radius 1 is 1.08 bits per heavy atom.